The molecule has 29 heavy (non-hydrogen) atoms. The summed E-state index contributed by atoms with van der Waals surface area (Å²) in [4.78, 5) is 0. The molecule has 3 aliphatic rings. The SMILES string of the molecule is CCCCCCC1CCC(C2CCC(C3CCC(C)CC3CC)CC2CC)CC1. The normalized spacial score (nSPS) is 41.4. The predicted octanol–water partition coefficient (Wildman–Crippen LogP) is 9.67. The van der Waals surface area contributed by atoms with Crippen LogP contribution >= 0.6 is 0 Å². The van der Waals surface area contributed by atoms with Gasteiger partial charge in [0.05, 0.1) is 0 Å². The summed E-state index contributed by atoms with van der Waals surface area (Å²) in [7, 11) is 0. The summed E-state index contributed by atoms with van der Waals surface area (Å²) in [6.45, 7) is 9.82. The summed E-state index contributed by atoms with van der Waals surface area (Å²) in [5.41, 5.74) is 0. The van der Waals surface area contributed by atoms with E-state index in [-0.39, 0.29) is 0 Å². The van der Waals surface area contributed by atoms with Crippen LogP contribution in [0.5, 0.6) is 0 Å². The van der Waals surface area contributed by atoms with E-state index in [0.717, 1.165) is 47.3 Å². The minimum Gasteiger partial charge on any atom is -0.0654 e. The van der Waals surface area contributed by atoms with Gasteiger partial charge in [0, 0.05) is 0 Å². The first-order chi connectivity index (χ1) is 14.2. The van der Waals surface area contributed by atoms with E-state index < -0.39 is 0 Å². The van der Waals surface area contributed by atoms with Crippen LogP contribution in [0.4, 0.5) is 0 Å². The third kappa shape index (κ3) is 6.49. The Bertz CT molecular complexity index is 431. The molecule has 0 saturated heterocycles. The predicted molar refractivity (Wildman–Crippen MR) is 129 cm³/mol. The maximum Gasteiger partial charge on any atom is -0.0357 e. The van der Waals surface area contributed by atoms with Crippen LogP contribution in [0.1, 0.15) is 137 Å². The minimum atomic E-state index is 0.992. The van der Waals surface area contributed by atoms with Gasteiger partial charge in [-0.1, -0.05) is 91.9 Å². The van der Waals surface area contributed by atoms with Crippen molar-refractivity contribution in [1.82, 2.24) is 0 Å². The number of hydrogen-bond acceptors (Lipinski definition) is 0. The van der Waals surface area contributed by atoms with Crippen LogP contribution in [-0.4, -0.2) is 0 Å². The second-order valence-corrected chi connectivity index (χ2v) is 11.8. The molecule has 0 amide bonds. The molecule has 170 valence electrons. The Morgan fingerprint density at radius 2 is 1.21 bits per heavy atom. The van der Waals surface area contributed by atoms with Gasteiger partial charge in [0.25, 0.3) is 0 Å². The Morgan fingerprint density at radius 1 is 0.586 bits per heavy atom. The molecule has 0 heteroatoms. The van der Waals surface area contributed by atoms with Gasteiger partial charge in [-0.2, -0.15) is 0 Å². The Morgan fingerprint density at radius 3 is 1.90 bits per heavy atom. The van der Waals surface area contributed by atoms with Crippen molar-refractivity contribution in [3.8, 4) is 0 Å². The smallest absolute Gasteiger partial charge is 0.0357 e. The average molecular weight is 403 g/mol. The van der Waals surface area contributed by atoms with E-state index >= 15 is 0 Å². The van der Waals surface area contributed by atoms with E-state index in [1.165, 1.54) is 57.8 Å². The van der Waals surface area contributed by atoms with Crippen molar-refractivity contribution in [3.63, 3.8) is 0 Å². The topological polar surface area (TPSA) is 0 Å². The molecular weight excluding hydrogens is 348 g/mol. The molecule has 0 aliphatic heterocycles. The Labute approximate surface area is 184 Å². The zero-order chi connectivity index (χ0) is 20.6. The maximum atomic E-state index is 2.51. The summed E-state index contributed by atoms with van der Waals surface area (Å²) in [5, 5.41) is 0. The molecule has 0 radical (unpaired) electrons. The van der Waals surface area contributed by atoms with E-state index in [0.29, 0.717) is 0 Å². The fourth-order valence-electron chi connectivity index (χ4n) is 8.18. The molecule has 0 aromatic rings. The summed E-state index contributed by atoms with van der Waals surface area (Å²) in [5.74, 6) is 8.48. The van der Waals surface area contributed by atoms with Gasteiger partial charge in [-0.25, -0.2) is 0 Å². The van der Waals surface area contributed by atoms with Crippen LogP contribution in [0.25, 0.3) is 0 Å². The van der Waals surface area contributed by atoms with E-state index in [1.54, 1.807) is 51.4 Å². The Balaban J connectivity index is 1.46. The summed E-state index contributed by atoms with van der Waals surface area (Å²) < 4.78 is 0. The second-order valence-electron chi connectivity index (χ2n) is 11.8. The van der Waals surface area contributed by atoms with Crippen molar-refractivity contribution in [2.75, 3.05) is 0 Å². The van der Waals surface area contributed by atoms with Crippen molar-refractivity contribution in [3.05, 3.63) is 0 Å². The van der Waals surface area contributed by atoms with Gasteiger partial charge in [-0.05, 0) is 92.3 Å². The van der Waals surface area contributed by atoms with Gasteiger partial charge in [0.15, 0.2) is 0 Å². The van der Waals surface area contributed by atoms with Crippen molar-refractivity contribution >= 4 is 0 Å². The van der Waals surface area contributed by atoms with Crippen molar-refractivity contribution in [2.24, 2.45) is 47.3 Å². The van der Waals surface area contributed by atoms with Crippen molar-refractivity contribution in [1.29, 1.82) is 0 Å². The molecule has 6 atom stereocenters. The molecule has 0 aromatic heterocycles. The fraction of sp³-hybridized carbons (Fsp3) is 1.00. The molecule has 3 aliphatic carbocycles. The molecule has 0 aromatic carbocycles. The maximum absolute atomic E-state index is 2.51. The first-order valence-corrected chi connectivity index (χ1v) is 14.2. The molecule has 3 saturated carbocycles. The zero-order valence-corrected chi connectivity index (χ0v) is 20.6. The van der Waals surface area contributed by atoms with Gasteiger partial charge in [0.1, 0.15) is 0 Å². The van der Waals surface area contributed by atoms with E-state index in [2.05, 4.69) is 27.7 Å². The standard InChI is InChI=1S/C29H54/c1-5-8-9-10-11-23-13-15-26(16-14-23)28-19-17-27(21-25(28)7-3)29-18-12-22(4)20-24(29)6-2/h22-29H,5-21H2,1-4H3. The van der Waals surface area contributed by atoms with Crippen LogP contribution in [0.3, 0.4) is 0 Å². The first kappa shape index (κ1) is 23.7. The molecule has 3 fully saturated rings. The number of rotatable bonds is 9. The van der Waals surface area contributed by atoms with Crippen LogP contribution in [0.15, 0.2) is 0 Å². The zero-order valence-electron chi connectivity index (χ0n) is 20.6. The summed E-state index contributed by atoms with van der Waals surface area (Å²) in [6, 6.07) is 0. The minimum absolute atomic E-state index is 0.992. The summed E-state index contributed by atoms with van der Waals surface area (Å²) >= 11 is 0. The third-order valence-corrected chi connectivity index (χ3v) is 10.0. The van der Waals surface area contributed by atoms with Gasteiger partial charge >= 0.3 is 0 Å². The molecule has 0 nitrogen and oxygen atoms in total. The molecule has 3 rings (SSSR count). The summed E-state index contributed by atoms with van der Waals surface area (Å²) in [6.07, 6.45) is 25.9. The first-order valence-electron chi connectivity index (χ1n) is 14.2. The average Bonchev–Trinajstić information content (AvgIpc) is 2.76. The fourth-order valence-corrected chi connectivity index (χ4v) is 8.18. The van der Waals surface area contributed by atoms with Crippen LogP contribution < -0.4 is 0 Å². The van der Waals surface area contributed by atoms with Gasteiger partial charge in [0.2, 0.25) is 0 Å². The molecule has 0 bridgehead atoms. The highest BCUT2D eigenvalue weighted by Crippen LogP contribution is 2.51. The lowest BCUT2D eigenvalue weighted by Crippen LogP contribution is -2.37. The Kier molecular flexibility index (Phi) is 9.91. The molecular formula is C29H54. The largest absolute Gasteiger partial charge is 0.0654 e. The monoisotopic (exact) mass is 402 g/mol. The van der Waals surface area contributed by atoms with Crippen molar-refractivity contribution in [2.45, 2.75) is 137 Å². The van der Waals surface area contributed by atoms with Crippen LogP contribution in [0.2, 0.25) is 0 Å². The van der Waals surface area contributed by atoms with Gasteiger partial charge in [-0.15, -0.1) is 0 Å². The highest BCUT2D eigenvalue weighted by atomic mass is 14.5. The molecule has 0 N–H and O–H groups in total. The van der Waals surface area contributed by atoms with Gasteiger partial charge < -0.3 is 0 Å². The molecule has 0 spiro atoms. The second kappa shape index (κ2) is 12.1. The number of unbranched alkanes of at least 4 members (excludes halogenated alkanes) is 3. The lowest BCUT2D eigenvalue weighted by atomic mass is 9.58. The van der Waals surface area contributed by atoms with Gasteiger partial charge in [-0.3, -0.25) is 0 Å². The third-order valence-electron chi connectivity index (χ3n) is 10.0. The lowest BCUT2D eigenvalue weighted by Gasteiger charge is -2.47. The quantitative estimate of drug-likeness (QED) is 0.337. The van der Waals surface area contributed by atoms with Crippen LogP contribution in [-0.2, 0) is 0 Å². The lowest BCUT2D eigenvalue weighted by molar-refractivity contribution is 0.0314. The van der Waals surface area contributed by atoms with E-state index in [1.807, 2.05) is 0 Å². The highest BCUT2D eigenvalue weighted by Gasteiger charge is 2.40. The number of hydrogen-bond donors (Lipinski definition) is 0. The molecule has 0 heterocycles. The van der Waals surface area contributed by atoms with Crippen LogP contribution in [0, 0.1) is 47.3 Å². The Hall–Kier alpha value is 0. The van der Waals surface area contributed by atoms with Crippen molar-refractivity contribution < 1.29 is 0 Å². The van der Waals surface area contributed by atoms with E-state index in [4.69, 9.17) is 0 Å². The molecule has 6 unspecified atom stereocenters. The highest BCUT2D eigenvalue weighted by molar-refractivity contribution is 4.91. The van der Waals surface area contributed by atoms with E-state index in [9.17, 15) is 0 Å².